The molecule has 1 aromatic heterocycles. The van der Waals surface area contributed by atoms with Crippen molar-refractivity contribution in [3.05, 3.63) is 29.6 Å². The summed E-state index contributed by atoms with van der Waals surface area (Å²) in [6.07, 6.45) is 1.93. The zero-order valence-electron chi connectivity index (χ0n) is 11.3. The van der Waals surface area contributed by atoms with Gasteiger partial charge >= 0.3 is 0 Å². The zero-order valence-corrected chi connectivity index (χ0v) is 11.3. The van der Waals surface area contributed by atoms with Crippen molar-refractivity contribution in [3.63, 3.8) is 0 Å². The minimum atomic E-state index is 0.0326. The number of nitrogens with zero attached hydrogens (tertiary/aromatic N) is 3. The van der Waals surface area contributed by atoms with Gasteiger partial charge in [-0.2, -0.15) is 0 Å². The number of aromatic nitrogens is 1. The molecule has 0 aliphatic carbocycles. The Kier molecular flexibility index (Phi) is 4.34. The van der Waals surface area contributed by atoms with Gasteiger partial charge in [0.05, 0.1) is 12.7 Å². The van der Waals surface area contributed by atoms with Crippen molar-refractivity contribution >= 4 is 5.84 Å². The summed E-state index contributed by atoms with van der Waals surface area (Å²) in [5.41, 5.74) is 7.14. The second-order valence-corrected chi connectivity index (χ2v) is 4.96. The van der Waals surface area contributed by atoms with Crippen LogP contribution in [0.2, 0.25) is 0 Å². The molecule has 2 atom stereocenters. The van der Waals surface area contributed by atoms with Gasteiger partial charge in [0.2, 0.25) is 0 Å². The van der Waals surface area contributed by atoms with Crippen molar-refractivity contribution in [1.29, 1.82) is 0 Å². The number of hydrogen-bond donors (Lipinski definition) is 2. The highest BCUT2D eigenvalue weighted by molar-refractivity contribution is 5.95. The number of amidine groups is 1. The van der Waals surface area contributed by atoms with Crippen molar-refractivity contribution in [3.8, 4) is 0 Å². The molecule has 2 rings (SSSR count). The minimum absolute atomic E-state index is 0.0326. The quantitative estimate of drug-likeness (QED) is 0.365. The van der Waals surface area contributed by atoms with Crippen LogP contribution in [0.3, 0.4) is 0 Å². The molecular weight excluding hydrogens is 244 g/mol. The van der Waals surface area contributed by atoms with E-state index < -0.39 is 0 Å². The molecule has 6 nitrogen and oxygen atoms in total. The Labute approximate surface area is 112 Å². The smallest absolute Gasteiger partial charge is 0.188 e. The average Bonchev–Trinajstić information content (AvgIpc) is 2.42. The summed E-state index contributed by atoms with van der Waals surface area (Å²) in [7, 11) is 0. The van der Waals surface area contributed by atoms with Crippen LogP contribution < -0.4 is 5.73 Å². The highest BCUT2D eigenvalue weighted by atomic mass is 16.5. The summed E-state index contributed by atoms with van der Waals surface area (Å²) in [5.74, 6) is 0.0326. The highest BCUT2D eigenvalue weighted by Crippen LogP contribution is 2.15. The molecule has 6 heteroatoms. The Morgan fingerprint density at radius 2 is 2.42 bits per heavy atom. The van der Waals surface area contributed by atoms with E-state index in [0.29, 0.717) is 11.7 Å². The van der Waals surface area contributed by atoms with Gasteiger partial charge in [-0.3, -0.25) is 9.88 Å². The first-order chi connectivity index (χ1) is 9.10. The Morgan fingerprint density at radius 1 is 1.63 bits per heavy atom. The molecule has 0 radical (unpaired) electrons. The van der Waals surface area contributed by atoms with Crippen LogP contribution in [0, 0.1) is 0 Å². The van der Waals surface area contributed by atoms with Crippen molar-refractivity contribution in [2.24, 2.45) is 10.9 Å². The number of nitrogens with two attached hydrogens (primary N) is 1. The van der Waals surface area contributed by atoms with Gasteiger partial charge in [-0.1, -0.05) is 5.16 Å². The fraction of sp³-hybridized carbons (Fsp3) is 0.538. The maximum Gasteiger partial charge on any atom is 0.188 e. The van der Waals surface area contributed by atoms with Gasteiger partial charge in [0.1, 0.15) is 5.69 Å². The van der Waals surface area contributed by atoms with Gasteiger partial charge in [-0.05, 0) is 31.5 Å². The first-order valence-electron chi connectivity index (χ1n) is 6.38. The largest absolute Gasteiger partial charge is 0.409 e. The van der Waals surface area contributed by atoms with E-state index in [1.807, 2.05) is 12.1 Å². The molecule has 0 saturated carbocycles. The first kappa shape index (κ1) is 13.8. The lowest BCUT2D eigenvalue weighted by Crippen LogP contribution is -2.46. The lowest BCUT2D eigenvalue weighted by molar-refractivity contribution is -0.0526. The fourth-order valence-electron chi connectivity index (χ4n) is 2.19. The molecule has 19 heavy (non-hydrogen) atoms. The monoisotopic (exact) mass is 264 g/mol. The zero-order chi connectivity index (χ0) is 13.8. The Morgan fingerprint density at radius 3 is 3.16 bits per heavy atom. The van der Waals surface area contributed by atoms with E-state index >= 15 is 0 Å². The molecule has 0 bridgehead atoms. The molecule has 1 saturated heterocycles. The van der Waals surface area contributed by atoms with E-state index in [2.05, 4.69) is 28.9 Å². The second kappa shape index (κ2) is 5.99. The van der Waals surface area contributed by atoms with Crippen LogP contribution in [0.15, 0.2) is 23.5 Å². The molecule has 1 aliphatic rings. The maximum atomic E-state index is 8.67. The van der Waals surface area contributed by atoms with Gasteiger partial charge in [0.15, 0.2) is 5.84 Å². The molecule has 3 N–H and O–H groups in total. The second-order valence-electron chi connectivity index (χ2n) is 4.96. The average molecular weight is 264 g/mol. The Bertz CT molecular complexity index is 464. The van der Waals surface area contributed by atoms with Gasteiger partial charge < -0.3 is 15.7 Å². The third kappa shape index (κ3) is 3.42. The number of hydrogen-bond acceptors (Lipinski definition) is 5. The van der Waals surface area contributed by atoms with Crippen LogP contribution in [0.25, 0.3) is 0 Å². The summed E-state index contributed by atoms with van der Waals surface area (Å²) in [5, 5.41) is 11.6. The van der Waals surface area contributed by atoms with Gasteiger partial charge in [-0.15, -0.1) is 0 Å². The summed E-state index contributed by atoms with van der Waals surface area (Å²) in [6, 6.07) is 4.18. The van der Waals surface area contributed by atoms with Crippen LogP contribution in [-0.2, 0) is 11.3 Å². The van der Waals surface area contributed by atoms with E-state index in [0.717, 1.165) is 25.3 Å². The van der Waals surface area contributed by atoms with Crippen LogP contribution in [0.5, 0.6) is 0 Å². The predicted octanol–water partition coefficient (Wildman–Crippen LogP) is 0.785. The summed E-state index contributed by atoms with van der Waals surface area (Å²) in [4.78, 5) is 6.44. The summed E-state index contributed by atoms with van der Waals surface area (Å²) < 4.78 is 5.61. The highest BCUT2D eigenvalue weighted by Gasteiger charge is 2.23. The molecule has 0 aromatic carbocycles. The third-order valence-electron chi connectivity index (χ3n) is 3.32. The van der Waals surface area contributed by atoms with Gasteiger partial charge in [0.25, 0.3) is 0 Å². The summed E-state index contributed by atoms with van der Waals surface area (Å²) in [6.45, 7) is 6.69. The van der Waals surface area contributed by atoms with Crippen molar-refractivity contribution in [1.82, 2.24) is 9.88 Å². The van der Waals surface area contributed by atoms with E-state index in [9.17, 15) is 0 Å². The number of morpholine rings is 1. The van der Waals surface area contributed by atoms with Crippen molar-refractivity contribution in [2.45, 2.75) is 32.5 Å². The van der Waals surface area contributed by atoms with Crippen molar-refractivity contribution < 1.29 is 9.94 Å². The van der Waals surface area contributed by atoms with Gasteiger partial charge in [-0.25, -0.2) is 0 Å². The van der Waals surface area contributed by atoms with E-state index in [1.165, 1.54) is 0 Å². The fourth-order valence-corrected chi connectivity index (χ4v) is 2.19. The van der Waals surface area contributed by atoms with E-state index in [-0.39, 0.29) is 11.9 Å². The molecule has 104 valence electrons. The molecule has 1 aromatic rings. The SMILES string of the molecule is CC1CN(Cc2ccnc(C(N)=NO)c2)C(C)CO1. The number of pyridine rings is 1. The molecular formula is C13H20N4O2. The molecule has 2 unspecified atom stereocenters. The number of oxime groups is 1. The lowest BCUT2D eigenvalue weighted by Gasteiger charge is -2.36. The van der Waals surface area contributed by atoms with Crippen LogP contribution in [0.1, 0.15) is 25.1 Å². The first-order valence-corrected chi connectivity index (χ1v) is 6.38. The lowest BCUT2D eigenvalue weighted by atomic mass is 10.1. The maximum absolute atomic E-state index is 8.67. The van der Waals surface area contributed by atoms with Crippen LogP contribution >= 0.6 is 0 Å². The standard InChI is InChI=1S/C13H20N4O2/c1-9-8-19-10(2)6-17(9)7-11-3-4-15-12(5-11)13(14)16-18/h3-5,9-10,18H,6-8H2,1-2H3,(H2,14,16). The van der Waals surface area contributed by atoms with Gasteiger partial charge in [0, 0.05) is 25.3 Å². The predicted molar refractivity (Wildman–Crippen MR) is 72.0 cm³/mol. The number of ether oxygens (including phenoxy) is 1. The molecule has 0 spiro atoms. The topological polar surface area (TPSA) is 84.0 Å². The van der Waals surface area contributed by atoms with Crippen molar-refractivity contribution in [2.75, 3.05) is 13.2 Å². The molecule has 1 fully saturated rings. The normalized spacial score (nSPS) is 25.5. The molecule has 2 heterocycles. The Hall–Kier alpha value is -1.66. The third-order valence-corrected chi connectivity index (χ3v) is 3.32. The summed E-state index contributed by atoms with van der Waals surface area (Å²) >= 11 is 0. The number of rotatable bonds is 3. The van der Waals surface area contributed by atoms with Crippen LogP contribution in [0.4, 0.5) is 0 Å². The Balaban J connectivity index is 2.10. The van der Waals surface area contributed by atoms with Crippen LogP contribution in [-0.4, -0.2) is 46.2 Å². The molecule has 1 aliphatic heterocycles. The van der Waals surface area contributed by atoms with E-state index in [1.54, 1.807) is 6.20 Å². The minimum Gasteiger partial charge on any atom is -0.409 e. The van der Waals surface area contributed by atoms with E-state index in [4.69, 9.17) is 15.7 Å². The molecule has 0 amide bonds.